The average molecular weight is 171 g/mol. The van der Waals surface area contributed by atoms with E-state index in [0.29, 0.717) is 0 Å². The van der Waals surface area contributed by atoms with Gasteiger partial charge in [-0.3, -0.25) is 0 Å². The van der Waals surface area contributed by atoms with Gasteiger partial charge in [0.15, 0.2) is 0 Å². The molecular formula is C9H21N3. The highest BCUT2D eigenvalue weighted by Crippen LogP contribution is 1.93. The molecule has 1 saturated heterocycles. The Balaban J connectivity index is 2.36. The van der Waals surface area contributed by atoms with Crippen LogP contribution in [0.2, 0.25) is 0 Å². The number of likely N-dealkylation sites (N-methyl/N-ethyl adjacent to an activating group) is 3. The maximum Gasteiger partial charge on any atom is 0.0107 e. The van der Waals surface area contributed by atoms with E-state index in [4.69, 9.17) is 0 Å². The smallest absolute Gasteiger partial charge is 0.0107 e. The second kappa shape index (κ2) is 4.80. The van der Waals surface area contributed by atoms with Gasteiger partial charge in [-0.1, -0.05) is 0 Å². The second-order valence-electron chi connectivity index (χ2n) is 3.91. The van der Waals surface area contributed by atoms with Gasteiger partial charge in [0.2, 0.25) is 0 Å². The molecule has 0 amide bonds. The van der Waals surface area contributed by atoms with E-state index in [1.54, 1.807) is 0 Å². The van der Waals surface area contributed by atoms with Crippen molar-refractivity contribution >= 4 is 0 Å². The molecule has 0 radical (unpaired) electrons. The molecule has 1 rings (SSSR count). The fraction of sp³-hybridized carbons (Fsp3) is 1.00. The van der Waals surface area contributed by atoms with Gasteiger partial charge in [-0.15, -0.1) is 0 Å². The van der Waals surface area contributed by atoms with E-state index in [2.05, 4.69) is 35.8 Å². The zero-order valence-corrected chi connectivity index (χ0v) is 8.58. The molecule has 72 valence electrons. The standard InChI is InChI=1S/C9H21N3/c1-10-4-6-11(2)8-9-12(3)7-5-10/h4-9H2,1-3H3. The fourth-order valence-corrected chi connectivity index (χ4v) is 1.36. The van der Waals surface area contributed by atoms with Crippen molar-refractivity contribution in [2.24, 2.45) is 0 Å². The summed E-state index contributed by atoms with van der Waals surface area (Å²) >= 11 is 0. The van der Waals surface area contributed by atoms with Crippen LogP contribution < -0.4 is 0 Å². The zero-order chi connectivity index (χ0) is 8.97. The SMILES string of the molecule is CN1CCN(C)CCN(C)CC1. The third-order valence-electron chi connectivity index (χ3n) is 2.59. The Hall–Kier alpha value is -0.120. The van der Waals surface area contributed by atoms with Crippen molar-refractivity contribution < 1.29 is 0 Å². The molecule has 1 fully saturated rings. The Labute approximate surface area is 75.9 Å². The Morgan fingerprint density at radius 1 is 0.500 bits per heavy atom. The van der Waals surface area contributed by atoms with Gasteiger partial charge in [0.05, 0.1) is 0 Å². The molecule has 1 aliphatic rings. The van der Waals surface area contributed by atoms with Gasteiger partial charge in [-0.05, 0) is 21.1 Å². The highest BCUT2D eigenvalue weighted by Gasteiger charge is 2.08. The quantitative estimate of drug-likeness (QED) is 0.499. The molecule has 0 aromatic heterocycles. The van der Waals surface area contributed by atoms with Crippen molar-refractivity contribution in [3.05, 3.63) is 0 Å². The van der Waals surface area contributed by atoms with Crippen molar-refractivity contribution in [3.8, 4) is 0 Å². The van der Waals surface area contributed by atoms with Crippen LogP contribution in [0.1, 0.15) is 0 Å². The number of hydrogen-bond acceptors (Lipinski definition) is 3. The molecule has 0 saturated carbocycles. The van der Waals surface area contributed by atoms with Gasteiger partial charge >= 0.3 is 0 Å². The van der Waals surface area contributed by atoms with E-state index in [1.807, 2.05) is 0 Å². The molecule has 0 atom stereocenters. The molecule has 1 aliphatic heterocycles. The van der Waals surface area contributed by atoms with Gasteiger partial charge < -0.3 is 14.7 Å². The lowest BCUT2D eigenvalue weighted by Gasteiger charge is -2.18. The maximum absolute atomic E-state index is 2.40. The van der Waals surface area contributed by atoms with Crippen LogP contribution in [0.4, 0.5) is 0 Å². The number of rotatable bonds is 0. The number of hydrogen-bond donors (Lipinski definition) is 0. The van der Waals surface area contributed by atoms with Crippen LogP contribution in [-0.2, 0) is 0 Å². The molecule has 0 aliphatic carbocycles. The third-order valence-corrected chi connectivity index (χ3v) is 2.59. The summed E-state index contributed by atoms with van der Waals surface area (Å²) < 4.78 is 0. The van der Waals surface area contributed by atoms with Gasteiger partial charge in [0.25, 0.3) is 0 Å². The topological polar surface area (TPSA) is 9.72 Å². The van der Waals surface area contributed by atoms with Crippen LogP contribution >= 0.6 is 0 Å². The minimum atomic E-state index is 1.20. The predicted molar refractivity (Wildman–Crippen MR) is 52.5 cm³/mol. The van der Waals surface area contributed by atoms with E-state index in [1.165, 1.54) is 39.3 Å². The first-order valence-corrected chi connectivity index (χ1v) is 4.74. The highest BCUT2D eigenvalue weighted by atomic mass is 15.2. The Morgan fingerprint density at radius 3 is 0.833 bits per heavy atom. The summed E-state index contributed by atoms with van der Waals surface area (Å²) in [4.78, 5) is 7.20. The van der Waals surface area contributed by atoms with Gasteiger partial charge in [-0.2, -0.15) is 0 Å². The lowest BCUT2D eigenvalue weighted by atomic mass is 10.5. The Bertz CT molecular complexity index is 91.2. The normalized spacial score (nSPS) is 26.2. The molecule has 0 N–H and O–H groups in total. The number of nitrogens with zero attached hydrogens (tertiary/aromatic N) is 3. The predicted octanol–water partition coefficient (Wildman–Crippen LogP) is -0.205. The van der Waals surface area contributed by atoms with Gasteiger partial charge in [-0.25, -0.2) is 0 Å². The summed E-state index contributed by atoms with van der Waals surface area (Å²) in [5, 5.41) is 0. The van der Waals surface area contributed by atoms with Gasteiger partial charge in [0, 0.05) is 39.3 Å². The third kappa shape index (κ3) is 3.52. The van der Waals surface area contributed by atoms with Crippen molar-refractivity contribution in [3.63, 3.8) is 0 Å². The van der Waals surface area contributed by atoms with Crippen LogP contribution in [0.3, 0.4) is 0 Å². The zero-order valence-electron chi connectivity index (χ0n) is 8.58. The maximum atomic E-state index is 2.40. The monoisotopic (exact) mass is 171 g/mol. The van der Waals surface area contributed by atoms with Gasteiger partial charge in [0.1, 0.15) is 0 Å². The van der Waals surface area contributed by atoms with E-state index in [9.17, 15) is 0 Å². The van der Waals surface area contributed by atoms with Crippen LogP contribution in [-0.4, -0.2) is 75.1 Å². The summed E-state index contributed by atoms with van der Waals surface area (Å²) in [5.74, 6) is 0. The molecular weight excluding hydrogens is 150 g/mol. The van der Waals surface area contributed by atoms with Crippen LogP contribution in [0, 0.1) is 0 Å². The molecule has 0 unspecified atom stereocenters. The first kappa shape index (κ1) is 9.96. The second-order valence-corrected chi connectivity index (χ2v) is 3.91. The van der Waals surface area contributed by atoms with Crippen LogP contribution in [0.15, 0.2) is 0 Å². The molecule has 3 nitrogen and oxygen atoms in total. The largest absolute Gasteiger partial charge is 0.304 e. The Kier molecular flexibility index (Phi) is 3.98. The molecule has 0 aromatic carbocycles. The lowest BCUT2D eigenvalue weighted by Crippen LogP contribution is -2.31. The van der Waals surface area contributed by atoms with Crippen LogP contribution in [0.5, 0.6) is 0 Å². The molecule has 0 bridgehead atoms. The minimum Gasteiger partial charge on any atom is -0.304 e. The summed E-state index contributed by atoms with van der Waals surface area (Å²) in [5.41, 5.74) is 0. The molecule has 3 heteroatoms. The molecule has 0 spiro atoms. The van der Waals surface area contributed by atoms with E-state index >= 15 is 0 Å². The minimum absolute atomic E-state index is 1.20. The van der Waals surface area contributed by atoms with Crippen molar-refractivity contribution in [2.75, 3.05) is 60.4 Å². The molecule has 12 heavy (non-hydrogen) atoms. The Morgan fingerprint density at radius 2 is 0.667 bits per heavy atom. The highest BCUT2D eigenvalue weighted by molar-refractivity contribution is 4.64. The average Bonchev–Trinajstić information content (AvgIpc) is 2.11. The summed E-state index contributed by atoms with van der Waals surface area (Å²) in [7, 11) is 6.60. The van der Waals surface area contributed by atoms with Crippen molar-refractivity contribution in [1.82, 2.24) is 14.7 Å². The summed E-state index contributed by atoms with van der Waals surface area (Å²) in [6.07, 6.45) is 0. The first-order valence-electron chi connectivity index (χ1n) is 4.74. The fourth-order valence-electron chi connectivity index (χ4n) is 1.36. The molecule has 1 heterocycles. The summed E-state index contributed by atoms with van der Waals surface area (Å²) in [6, 6.07) is 0. The van der Waals surface area contributed by atoms with Crippen LogP contribution in [0.25, 0.3) is 0 Å². The van der Waals surface area contributed by atoms with Crippen molar-refractivity contribution in [2.45, 2.75) is 0 Å². The van der Waals surface area contributed by atoms with E-state index < -0.39 is 0 Å². The van der Waals surface area contributed by atoms with Crippen molar-refractivity contribution in [1.29, 1.82) is 0 Å². The summed E-state index contributed by atoms with van der Waals surface area (Å²) in [6.45, 7) is 7.19. The lowest BCUT2D eigenvalue weighted by molar-refractivity contribution is 0.277. The molecule has 0 aromatic rings. The first-order chi connectivity index (χ1) is 5.68. The van der Waals surface area contributed by atoms with E-state index in [0.717, 1.165) is 0 Å². The van der Waals surface area contributed by atoms with E-state index in [-0.39, 0.29) is 0 Å².